The van der Waals surface area contributed by atoms with Gasteiger partial charge in [-0.05, 0) is 67.7 Å². The normalized spacial score (nSPS) is 33.4. The number of benzene rings is 1. The first-order valence-electron chi connectivity index (χ1n) is 9.11. The van der Waals surface area contributed by atoms with Crippen molar-refractivity contribution in [1.82, 2.24) is 0 Å². The topological polar surface area (TPSA) is 20.9 Å². The number of aromatic nitrogens is 1. The molecule has 4 fully saturated rings. The van der Waals surface area contributed by atoms with Crippen molar-refractivity contribution < 1.29 is 26.3 Å². The summed E-state index contributed by atoms with van der Waals surface area (Å²) in [6.07, 6.45) is 11.9. The van der Waals surface area contributed by atoms with Crippen LogP contribution in [0.2, 0.25) is 0 Å². The second-order valence-electron chi connectivity index (χ2n) is 8.37. The molecule has 3 heteroatoms. The Labute approximate surface area is 154 Å². The van der Waals surface area contributed by atoms with Crippen LogP contribution in [0.4, 0.5) is 0 Å². The number of pyridine rings is 1. The zero-order valence-electron chi connectivity index (χ0n) is 14.0. The van der Waals surface area contributed by atoms with Gasteiger partial charge < -0.3 is 17.0 Å². The van der Waals surface area contributed by atoms with Gasteiger partial charge in [0.2, 0.25) is 12.3 Å². The van der Waals surface area contributed by atoms with Gasteiger partial charge in [-0.2, -0.15) is 4.57 Å². The highest BCUT2D eigenvalue weighted by molar-refractivity contribution is 5.84. The molecule has 126 valence electrons. The Morgan fingerprint density at radius 3 is 2.17 bits per heavy atom. The molecule has 0 atom stereocenters. The zero-order chi connectivity index (χ0) is 15.4. The van der Waals surface area contributed by atoms with Crippen molar-refractivity contribution >= 4 is 16.6 Å². The van der Waals surface area contributed by atoms with E-state index >= 15 is 0 Å². The summed E-state index contributed by atoms with van der Waals surface area (Å²) >= 11 is 0. The predicted molar refractivity (Wildman–Crippen MR) is 89.8 cm³/mol. The summed E-state index contributed by atoms with van der Waals surface area (Å²) in [6.45, 7) is 0.553. The molecular formula is C21H24BrNO. The van der Waals surface area contributed by atoms with Crippen LogP contribution in [0.3, 0.4) is 0 Å². The van der Waals surface area contributed by atoms with Crippen molar-refractivity contribution in [2.24, 2.45) is 23.2 Å². The van der Waals surface area contributed by atoms with Gasteiger partial charge in [0.15, 0.2) is 12.4 Å². The number of carbonyl (C=O) groups is 1. The second-order valence-corrected chi connectivity index (χ2v) is 8.37. The van der Waals surface area contributed by atoms with Gasteiger partial charge in [0, 0.05) is 16.9 Å². The van der Waals surface area contributed by atoms with E-state index in [1.54, 1.807) is 0 Å². The molecule has 4 bridgehead atoms. The number of Topliss-reactive ketones (excluding diaryl/α,β-unsaturated/α-hetero) is 1. The quantitative estimate of drug-likeness (QED) is 0.719. The van der Waals surface area contributed by atoms with Crippen molar-refractivity contribution in [2.75, 3.05) is 0 Å². The van der Waals surface area contributed by atoms with Gasteiger partial charge in [-0.1, -0.05) is 18.2 Å². The number of hydrogen-bond acceptors (Lipinski definition) is 1. The highest BCUT2D eigenvalue weighted by Gasteiger charge is 2.54. The van der Waals surface area contributed by atoms with Crippen molar-refractivity contribution in [1.29, 1.82) is 0 Å². The average Bonchev–Trinajstić information content (AvgIpc) is 2.53. The van der Waals surface area contributed by atoms with E-state index in [-0.39, 0.29) is 22.4 Å². The fourth-order valence-electron chi connectivity index (χ4n) is 6.06. The molecule has 4 saturated carbocycles. The SMILES string of the molecule is O=C(C[n+]1ccc2ccccc2c1)C12CC3CC(CC(C3)C1)C2.[Br-]. The van der Waals surface area contributed by atoms with E-state index in [0.29, 0.717) is 12.3 Å². The van der Waals surface area contributed by atoms with E-state index in [1.807, 2.05) is 0 Å². The van der Waals surface area contributed by atoms with Crippen molar-refractivity contribution in [3.8, 4) is 0 Å². The van der Waals surface area contributed by atoms with Crippen LogP contribution in [-0.4, -0.2) is 5.78 Å². The van der Waals surface area contributed by atoms with Crippen LogP contribution < -0.4 is 21.5 Å². The molecule has 0 N–H and O–H groups in total. The van der Waals surface area contributed by atoms with E-state index in [1.165, 1.54) is 49.3 Å². The summed E-state index contributed by atoms with van der Waals surface area (Å²) in [5.74, 6) is 3.02. The van der Waals surface area contributed by atoms with Crippen LogP contribution in [0.25, 0.3) is 10.8 Å². The maximum absolute atomic E-state index is 13.2. The summed E-state index contributed by atoms with van der Waals surface area (Å²) in [6, 6.07) is 10.5. The molecule has 4 aliphatic rings. The summed E-state index contributed by atoms with van der Waals surface area (Å²) < 4.78 is 2.10. The molecule has 6 rings (SSSR count). The molecule has 0 amide bonds. The van der Waals surface area contributed by atoms with E-state index in [4.69, 9.17) is 0 Å². The Kier molecular flexibility index (Phi) is 4.03. The third-order valence-electron chi connectivity index (χ3n) is 6.70. The lowest BCUT2D eigenvalue weighted by molar-refractivity contribution is -0.683. The first-order valence-corrected chi connectivity index (χ1v) is 9.11. The first-order chi connectivity index (χ1) is 11.2. The van der Waals surface area contributed by atoms with Gasteiger partial charge in [-0.3, -0.25) is 4.79 Å². The number of rotatable bonds is 3. The Morgan fingerprint density at radius 2 is 1.54 bits per heavy atom. The zero-order valence-corrected chi connectivity index (χ0v) is 15.5. The highest BCUT2D eigenvalue weighted by atomic mass is 79.9. The molecule has 0 saturated heterocycles. The predicted octanol–water partition coefficient (Wildman–Crippen LogP) is 0.917. The molecule has 1 aromatic carbocycles. The van der Waals surface area contributed by atoms with Crippen LogP contribution in [-0.2, 0) is 11.3 Å². The molecule has 2 nitrogen and oxygen atoms in total. The van der Waals surface area contributed by atoms with Crippen LogP contribution in [0, 0.1) is 23.2 Å². The van der Waals surface area contributed by atoms with Crippen LogP contribution in [0.5, 0.6) is 0 Å². The van der Waals surface area contributed by atoms with E-state index in [2.05, 4.69) is 47.3 Å². The maximum atomic E-state index is 13.2. The highest BCUT2D eigenvalue weighted by Crippen LogP contribution is 2.60. The fraction of sp³-hybridized carbons (Fsp3) is 0.524. The van der Waals surface area contributed by atoms with E-state index < -0.39 is 0 Å². The number of nitrogens with zero attached hydrogens (tertiary/aromatic N) is 1. The van der Waals surface area contributed by atoms with E-state index in [9.17, 15) is 4.79 Å². The van der Waals surface area contributed by atoms with Gasteiger partial charge in [0.05, 0.1) is 0 Å². The lowest BCUT2D eigenvalue weighted by Gasteiger charge is -2.55. The molecule has 0 unspecified atom stereocenters. The van der Waals surface area contributed by atoms with Crippen molar-refractivity contribution in [2.45, 2.75) is 45.1 Å². The summed E-state index contributed by atoms with van der Waals surface area (Å²) in [7, 11) is 0. The minimum Gasteiger partial charge on any atom is -1.00 e. The second kappa shape index (κ2) is 5.94. The molecule has 24 heavy (non-hydrogen) atoms. The largest absolute Gasteiger partial charge is 1.00 e. The van der Waals surface area contributed by atoms with Crippen LogP contribution in [0.1, 0.15) is 38.5 Å². The van der Waals surface area contributed by atoms with Gasteiger partial charge in [-0.25, -0.2) is 0 Å². The molecule has 0 radical (unpaired) electrons. The summed E-state index contributed by atoms with van der Waals surface area (Å²) in [4.78, 5) is 13.2. The number of fused-ring (bicyclic) bond motifs is 1. The van der Waals surface area contributed by atoms with Crippen LogP contribution in [0.15, 0.2) is 42.7 Å². The van der Waals surface area contributed by atoms with Crippen molar-refractivity contribution in [3.63, 3.8) is 0 Å². The molecule has 0 aliphatic heterocycles. The Morgan fingerprint density at radius 1 is 0.958 bits per heavy atom. The number of halogens is 1. The maximum Gasteiger partial charge on any atom is 0.207 e. The minimum atomic E-state index is 0. The number of ketones is 1. The first kappa shape index (κ1) is 16.3. The molecule has 0 spiro atoms. The standard InChI is InChI=1S/C21H24NO.BrH/c23-20(14-22-6-5-18-3-1-2-4-19(18)13-22)21-10-15-7-16(11-21)9-17(8-15)12-21;/h1-6,13,15-17H,7-12,14H2;1H/q+1;/p-1. The third kappa shape index (κ3) is 2.61. The number of hydrogen-bond donors (Lipinski definition) is 0. The Hall–Kier alpha value is -1.22. The summed E-state index contributed by atoms with van der Waals surface area (Å²) in [5.41, 5.74) is 0.0212. The lowest BCUT2D eigenvalue weighted by Crippen LogP contribution is -3.00. The monoisotopic (exact) mass is 385 g/mol. The number of carbonyl (C=O) groups excluding carboxylic acids is 1. The van der Waals surface area contributed by atoms with Crippen LogP contribution >= 0.6 is 0 Å². The van der Waals surface area contributed by atoms with Gasteiger partial charge in [-0.15, -0.1) is 0 Å². The molecular weight excluding hydrogens is 362 g/mol. The van der Waals surface area contributed by atoms with Crippen molar-refractivity contribution in [3.05, 3.63) is 42.7 Å². The van der Waals surface area contributed by atoms with Gasteiger partial charge in [0.1, 0.15) is 0 Å². The van der Waals surface area contributed by atoms with Gasteiger partial charge >= 0.3 is 0 Å². The smallest absolute Gasteiger partial charge is 0.207 e. The molecule has 4 aliphatic carbocycles. The molecule has 1 heterocycles. The van der Waals surface area contributed by atoms with Gasteiger partial charge in [0.25, 0.3) is 0 Å². The fourth-order valence-corrected chi connectivity index (χ4v) is 6.06. The minimum absolute atomic E-state index is 0. The third-order valence-corrected chi connectivity index (χ3v) is 6.70. The van der Waals surface area contributed by atoms with E-state index in [0.717, 1.165) is 17.8 Å². The average molecular weight is 386 g/mol. The lowest BCUT2D eigenvalue weighted by atomic mass is 9.48. The molecule has 1 aromatic heterocycles. The Balaban J connectivity index is 0.00000146. The summed E-state index contributed by atoms with van der Waals surface area (Å²) in [5, 5.41) is 2.46. The molecule has 2 aromatic rings. The Bertz CT molecular complexity index is 749.